The molecule has 0 aliphatic rings. The zero-order chi connectivity index (χ0) is 20.8. The van der Waals surface area contributed by atoms with Gasteiger partial charge in [-0.05, 0) is 29.8 Å². The van der Waals surface area contributed by atoms with Crippen molar-refractivity contribution >= 4 is 17.2 Å². The number of carbonyl (C=O) groups is 1. The summed E-state index contributed by atoms with van der Waals surface area (Å²) in [7, 11) is 0. The number of rotatable bonds is 7. The predicted octanol–water partition coefficient (Wildman–Crippen LogP) is 5.00. The zero-order valence-electron chi connectivity index (χ0n) is 15.9. The Labute approximate surface area is 177 Å². The van der Waals surface area contributed by atoms with Crippen LogP contribution in [0.3, 0.4) is 0 Å². The van der Waals surface area contributed by atoms with Gasteiger partial charge in [0.05, 0.1) is 18.3 Å². The number of amides is 1. The fourth-order valence-corrected chi connectivity index (χ4v) is 3.63. The predicted molar refractivity (Wildman–Crippen MR) is 114 cm³/mol. The number of nitrogens with zero attached hydrogens (tertiary/aromatic N) is 2. The maximum absolute atomic E-state index is 14.3. The summed E-state index contributed by atoms with van der Waals surface area (Å²) in [4.78, 5) is 20.7. The van der Waals surface area contributed by atoms with Crippen molar-refractivity contribution in [2.45, 2.75) is 13.0 Å². The first-order valence-corrected chi connectivity index (χ1v) is 10.2. The Morgan fingerprint density at radius 2 is 1.97 bits per heavy atom. The van der Waals surface area contributed by atoms with E-state index in [1.807, 2.05) is 35.7 Å². The van der Waals surface area contributed by atoms with E-state index in [2.05, 4.69) is 15.3 Å². The number of carbonyl (C=O) groups excluding carboxylic acids is 1. The molecule has 4 rings (SSSR count). The van der Waals surface area contributed by atoms with Crippen LogP contribution in [0.1, 0.15) is 11.3 Å². The third kappa shape index (κ3) is 5.07. The highest BCUT2D eigenvalue weighted by atomic mass is 32.1. The van der Waals surface area contributed by atoms with Crippen molar-refractivity contribution in [1.29, 1.82) is 0 Å². The molecule has 0 saturated carbocycles. The Bertz CT molecular complexity index is 1130. The number of pyridine rings is 1. The summed E-state index contributed by atoms with van der Waals surface area (Å²) >= 11 is 1.50. The maximum atomic E-state index is 14.3. The SMILES string of the molecule is O=C(Cc1csc(-c2ccccc2)n1)NCc1ccc(Oc2cccnc2)c(F)c1. The molecule has 2 heterocycles. The minimum absolute atomic E-state index is 0.106. The molecule has 0 saturated heterocycles. The lowest BCUT2D eigenvalue weighted by Gasteiger charge is -2.09. The molecular formula is C23H18FN3O2S. The first kappa shape index (κ1) is 19.7. The molecule has 2 aromatic heterocycles. The number of hydrogen-bond acceptors (Lipinski definition) is 5. The van der Waals surface area contributed by atoms with Gasteiger partial charge in [0.15, 0.2) is 11.6 Å². The van der Waals surface area contributed by atoms with E-state index in [0.717, 1.165) is 10.6 Å². The average molecular weight is 419 g/mol. The second kappa shape index (κ2) is 9.28. The molecule has 0 atom stereocenters. The van der Waals surface area contributed by atoms with E-state index >= 15 is 0 Å². The van der Waals surface area contributed by atoms with Gasteiger partial charge in [-0.3, -0.25) is 9.78 Å². The summed E-state index contributed by atoms with van der Waals surface area (Å²) < 4.78 is 19.8. The second-order valence-electron chi connectivity index (χ2n) is 6.52. The van der Waals surface area contributed by atoms with E-state index in [1.54, 1.807) is 24.4 Å². The molecule has 1 N–H and O–H groups in total. The van der Waals surface area contributed by atoms with Crippen LogP contribution in [0.15, 0.2) is 78.4 Å². The largest absolute Gasteiger partial charge is 0.453 e. The van der Waals surface area contributed by atoms with Crippen molar-refractivity contribution in [3.8, 4) is 22.1 Å². The lowest BCUT2D eigenvalue weighted by atomic mass is 10.2. The van der Waals surface area contributed by atoms with Gasteiger partial charge in [0.2, 0.25) is 5.91 Å². The zero-order valence-corrected chi connectivity index (χ0v) is 16.7. The van der Waals surface area contributed by atoms with E-state index in [1.165, 1.54) is 29.7 Å². The Hall–Kier alpha value is -3.58. The van der Waals surface area contributed by atoms with Crippen LogP contribution in [0.4, 0.5) is 4.39 Å². The molecule has 2 aromatic carbocycles. The number of benzene rings is 2. The van der Waals surface area contributed by atoms with Crippen molar-refractivity contribution < 1.29 is 13.9 Å². The van der Waals surface area contributed by atoms with Gasteiger partial charge < -0.3 is 10.1 Å². The second-order valence-corrected chi connectivity index (χ2v) is 7.38. The highest BCUT2D eigenvalue weighted by Gasteiger charge is 2.10. The summed E-state index contributed by atoms with van der Waals surface area (Å²) in [5.41, 5.74) is 2.38. The van der Waals surface area contributed by atoms with Crippen LogP contribution in [0.25, 0.3) is 10.6 Å². The molecule has 150 valence electrons. The molecule has 0 fully saturated rings. The highest BCUT2D eigenvalue weighted by Crippen LogP contribution is 2.25. The molecule has 0 aliphatic carbocycles. The molecule has 0 radical (unpaired) electrons. The first-order chi connectivity index (χ1) is 14.7. The van der Waals surface area contributed by atoms with E-state index in [9.17, 15) is 9.18 Å². The normalized spacial score (nSPS) is 10.6. The minimum Gasteiger partial charge on any atom is -0.453 e. The van der Waals surface area contributed by atoms with Crippen LogP contribution in [-0.4, -0.2) is 15.9 Å². The summed E-state index contributed by atoms with van der Waals surface area (Å²) in [6, 6.07) is 17.8. The summed E-state index contributed by atoms with van der Waals surface area (Å²) in [5.74, 6) is -0.113. The first-order valence-electron chi connectivity index (χ1n) is 9.30. The van der Waals surface area contributed by atoms with Crippen LogP contribution in [0, 0.1) is 5.82 Å². The van der Waals surface area contributed by atoms with Gasteiger partial charge in [0, 0.05) is 23.7 Å². The number of nitrogens with one attached hydrogen (secondary N) is 1. The lowest BCUT2D eigenvalue weighted by Crippen LogP contribution is -2.24. The summed E-state index contributed by atoms with van der Waals surface area (Å²) in [6.45, 7) is 0.221. The van der Waals surface area contributed by atoms with E-state index in [-0.39, 0.29) is 24.6 Å². The smallest absolute Gasteiger partial charge is 0.226 e. The molecule has 0 spiro atoms. The Balaban J connectivity index is 1.32. The van der Waals surface area contributed by atoms with Crippen molar-refractivity contribution in [3.05, 3.63) is 95.5 Å². The van der Waals surface area contributed by atoms with Crippen LogP contribution in [0.2, 0.25) is 0 Å². The van der Waals surface area contributed by atoms with Gasteiger partial charge in [-0.15, -0.1) is 11.3 Å². The van der Waals surface area contributed by atoms with Gasteiger partial charge in [-0.25, -0.2) is 9.37 Å². The lowest BCUT2D eigenvalue weighted by molar-refractivity contribution is -0.120. The van der Waals surface area contributed by atoms with Gasteiger partial charge >= 0.3 is 0 Å². The molecular weight excluding hydrogens is 401 g/mol. The molecule has 0 aliphatic heterocycles. The topological polar surface area (TPSA) is 64.1 Å². The van der Waals surface area contributed by atoms with Crippen LogP contribution >= 0.6 is 11.3 Å². The number of halogens is 1. The molecule has 0 bridgehead atoms. The third-order valence-electron chi connectivity index (χ3n) is 4.26. The number of ether oxygens (including phenoxy) is 1. The molecule has 1 amide bonds. The highest BCUT2D eigenvalue weighted by molar-refractivity contribution is 7.13. The van der Waals surface area contributed by atoms with Crippen molar-refractivity contribution in [2.24, 2.45) is 0 Å². The van der Waals surface area contributed by atoms with Crippen LogP contribution < -0.4 is 10.1 Å². The van der Waals surface area contributed by atoms with Gasteiger partial charge in [-0.1, -0.05) is 36.4 Å². The standard InChI is InChI=1S/C23H18FN3O2S/c24-20-11-16(8-9-21(20)29-19-7-4-10-25-14-19)13-26-22(28)12-18-15-30-23(27-18)17-5-2-1-3-6-17/h1-11,14-15H,12-13H2,(H,26,28). The van der Waals surface area contributed by atoms with Crippen LogP contribution in [-0.2, 0) is 17.8 Å². The van der Waals surface area contributed by atoms with E-state index in [4.69, 9.17) is 4.74 Å². The van der Waals surface area contributed by atoms with Crippen molar-refractivity contribution in [2.75, 3.05) is 0 Å². The summed E-state index contributed by atoms with van der Waals surface area (Å²) in [5, 5.41) is 5.56. The Morgan fingerprint density at radius 3 is 2.73 bits per heavy atom. The number of hydrogen-bond donors (Lipinski definition) is 1. The van der Waals surface area contributed by atoms with Gasteiger partial charge in [-0.2, -0.15) is 0 Å². The fraction of sp³-hybridized carbons (Fsp3) is 0.0870. The van der Waals surface area contributed by atoms with Crippen LogP contribution in [0.5, 0.6) is 11.5 Å². The number of thiazole rings is 1. The minimum atomic E-state index is -0.502. The molecule has 30 heavy (non-hydrogen) atoms. The van der Waals surface area contributed by atoms with Crippen molar-refractivity contribution in [1.82, 2.24) is 15.3 Å². The van der Waals surface area contributed by atoms with E-state index in [0.29, 0.717) is 17.0 Å². The quantitative estimate of drug-likeness (QED) is 0.458. The third-order valence-corrected chi connectivity index (χ3v) is 5.20. The molecule has 7 heteroatoms. The molecule has 4 aromatic rings. The van der Waals surface area contributed by atoms with E-state index < -0.39 is 5.82 Å². The monoisotopic (exact) mass is 419 g/mol. The number of aromatic nitrogens is 2. The Morgan fingerprint density at radius 1 is 1.10 bits per heavy atom. The Kier molecular flexibility index (Phi) is 6.10. The van der Waals surface area contributed by atoms with Crippen molar-refractivity contribution in [3.63, 3.8) is 0 Å². The fourth-order valence-electron chi connectivity index (χ4n) is 2.80. The summed E-state index contributed by atoms with van der Waals surface area (Å²) in [6.07, 6.45) is 3.30. The van der Waals surface area contributed by atoms with Gasteiger partial charge in [0.25, 0.3) is 0 Å². The average Bonchev–Trinajstić information content (AvgIpc) is 3.24. The van der Waals surface area contributed by atoms with Gasteiger partial charge in [0.1, 0.15) is 10.8 Å². The molecule has 5 nitrogen and oxygen atoms in total. The molecule has 0 unspecified atom stereocenters. The maximum Gasteiger partial charge on any atom is 0.226 e.